The minimum Gasteiger partial charge on any atom is -0.493 e. The lowest BCUT2D eigenvalue weighted by Crippen LogP contribution is -2.26. The van der Waals surface area contributed by atoms with Gasteiger partial charge in [-0.2, -0.15) is 0 Å². The molecule has 0 spiro atoms. The van der Waals surface area contributed by atoms with Crippen LogP contribution in [0, 0.1) is 6.92 Å². The number of aryl methyl sites for hydroxylation is 1. The van der Waals surface area contributed by atoms with E-state index >= 15 is 0 Å². The molecule has 27 heavy (non-hydrogen) atoms. The highest BCUT2D eigenvalue weighted by atomic mass is 16.5. The van der Waals surface area contributed by atoms with E-state index in [1.165, 1.54) is 11.1 Å². The fraction of sp³-hybridized carbons (Fsp3) is 0.435. The summed E-state index contributed by atoms with van der Waals surface area (Å²) in [5.41, 5.74) is 4.20. The number of rotatable bonds is 9. The van der Waals surface area contributed by atoms with Crippen molar-refractivity contribution in [3.8, 4) is 11.5 Å². The number of hydrogen-bond donors (Lipinski definition) is 0. The molecular weight excluding hydrogens is 338 g/mol. The zero-order chi connectivity index (χ0) is 19.2. The Labute approximate surface area is 162 Å². The molecule has 2 aromatic rings. The molecule has 0 radical (unpaired) electrons. The van der Waals surface area contributed by atoms with Crippen LogP contribution in [0.4, 0.5) is 0 Å². The van der Waals surface area contributed by atoms with Crippen molar-refractivity contribution in [3.05, 3.63) is 58.7 Å². The zero-order valence-corrected chi connectivity index (χ0v) is 16.6. The van der Waals surface area contributed by atoms with Gasteiger partial charge in [0.15, 0.2) is 11.5 Å². The maximum atomic E-state index is 12.8. The van der Waals surface area contributed by atoms with Crippen LogP contribution in [0.15, 0.2) is 36.4 Å². The van der Waals surface area contributed by atoms with Gasteiger partial charge in [0.05, 0.1) is 20.3 Å². The van der Waals surface area contributed by atoms with Crippen LogP contribution in [0.1, 0.15) is 53.2 Å². The number of carbonyl (C=O) groups is 1. The number of methoxy groups -OCH3 is 1. The van der Waals surface area contributed by atoms with Crippen LogP contribution < -0.4 is 9.47 Å². The van der Waals surface area contributed by atoms with Gasteiger partial charge in [-0.3, -0.25) is 4.79 Å². The Bertz CT molecular complexity index is 783. The van der Waals surface area contributed by atoms with Crippen LogP contribution in [0.5, 0.6) is 11.5 Å². The predicted octanol–water partition coefficient (Wildman–Crippen LogP) is 4.77. The molecule has 0 saturated heterocycles. The van der Waals surface area contributed by atoms with Gasteiger partial charge in [0.1, 0.15) is 0 Å². The van der Waals surface area contributed by atoms with Crippen molar-refractivity contribution >= 4 is 5.91 Å². The van der Waals surface area contributed by atoms with Crippen molar-refractivity contribution < 1.29 is 14.3 Å². The Morgan fingerprint density at radius 3 is 2.56 bits per heavy atom. The fourth-order valence-corrected chi connectivity index (χ4v) is 3.44. The maximum absolute atomic E-state index is 12.8. The topological polar surface area (TPSA) is 38.8 Å². The Kier molecular flexibility index (Phi) is 6.38. The normalized spacial score (nSPS) is 13.0. The molecule has 0 atom stereocenters. The molecule has 1 aliphatic rings. The quantitative estimate of drug-likeness (QED) is 0.599. The molecule has 0 N–H and O–H groups in total. The first-order chi connectivity index (χ1) is 13.1. The molecule has 1 amide bonds. The molecule has 2 aromatic carbocycles. The van der Waals surface area contributed by atoms with Gasteiger partial charge in [-0.1, -0.05) is 49.6 Å². The molecule has 4 nitrogen and oxygen atoms in total. The zero-order valence-electron chi connectivity index (χ0n) is 16.6. The van der Waals surface area contributed by atoms with Gasteiger partial charge in [-0.25, -0.2) is 0 Å². The first-order valence-corrected chi connectivity index (χ1v) is 9.81. The minimum atomic E-state index is 0.0816. The van der Waals surface area contributed by atoms with E-state index in [2.05, 4.69) is 38.1 Å². The second-order valence-electron chi connectivity index (χ2n) is 7.14. The highest BCUT2D eigenvalue weighted by molar-refractivity contribution is 5.99. The Hall–Kier alpha value is -2.49. The summed E-state index contributed by atoms with van der Waals surface area (Å²) in [7, 11) is 1.65. The van der Waals surface area contributed by atoms with Gasteiger partial charge in [-0.05, 0) is 37.5 Å². The monoisotopic (exact) mass is 367 g/mol. The van der Waals surface area contributed by atoms with Crippen LogP contribution in [-0.2, 0) is 13.0 Å². The molecule has 144 valence electrons. The van der Waals surface area contributed by atoms with E-state index in [4.69, 9.17) is 9.47 Å². The summed E-state index contributed by atoms with van der Waals surface area (Å²) in [5, 5.41) is 0. The maximum Gasteiger partial charge on any atom is 0.254 e. The lowest BCUT2D eigenvalue weighted by atomic mass is 10.1. The number of carbonyl (C=O) groups excluding carboxylic acids is 1. The van der Waals surface area contributed by atoms with Gasteiger partial charge in [-0.15, -0.1) is 0 Å². The summed E-state index contributed by atoms with van der Waals surface area (Å²) in [4.78, 5) is 14.7. The van der Waals surface area contributed by atoms with E-state index in [1.807, 2.05) is 17.0 Å². The van der Waals surface area contributed by atoms with Gasteiger partial charge in [0.25, 0.3) is 5.91 Å². The van der Waals surface area contributed by atoms with E-state index in [1.54, 1.807) is 7.11 Å². The second-order valence-corrected chi connectivity index (χ2v) is 7.14. The number of amides is 1. The van der Waals surface area contributed by atoms with Crippen LogP contribution in [-0.4, -0.2) is 31.1 Å². The third-order valence-corrected chi connectivity index (χ3v) is 5.10. The van der Waals surface area contributed by atoms with Gasteiger partial charge in [0, 0.05) is 17.7 Å². The van der Waals surface area contributed by atoms with E-state index in [0.717, 1.165) is 42.6 Å². The lowest BCUT2D eigenvalue weighted by Gasteiger charge is -2.16. The minimum absolute atomic E-state index is 0.0816. The molecule has 1 heterocycles. The fourth-order valence-electron chi connectivity index (χ4n) is 3.44. The number of hydrogen-bond acceptors (Lipinski definition) is 3. The Morgan fingerprint density at radius 1 is 1.07 bits per heavy atom. The van der Waals surface area contributed by atoms with Crippen LogP contribution >= 0.6 is 0 Å². The Morgan fingerprint density at radius 2 is 1.85 bits per heavy atom. The smallest absolute Gasteiger partial charge is 0.254 e. The molecule has 0 saturated carbocycles. The third-order valence-electron chi connectivity index (χ3n) is 5.10. The number of unbranched alkanes of at least 4 members (excludes halogenated alkanes) is 2. The standard InChI is InChI=1S/C23H29NO3/c1-4-5-6-15-27-22-20-16-24(14-13-18-9-7-17(2)8-10-18)23(25)19(20)11-12-21(22)26-3/h7-12H,4-6,13-16H2,1-3H3. The molecule has 0 fully saturated rings. The van der Waals surface area contributed by atoms with Gasteiger partial charge < -0.3 is 14.4 Å². The highest BCUT2D eigenvalue weighted by Crippen LogP contribution is 2.38. The van der Waals surface area contributed by atoms with Gasteiger partial charge in [0.2, 0.25) is 0 Å². The van der Waals surface area contributed by atoms with E-state index in [-0.39, 0.29) is 5.91 Å². The largest absolute Gasteiger partial charge is 0.493 e. The van der Waals surface area contributed by atoms with Crippen molar-refractivity contribution in [2.24, 2.45) is 0 Å². The number of ether oxygens (including phenoxy) is 2. The highest BCUT2D eigenvalue weighted by Gasteiger charge is 2.31. The summed E-state index contributed by atoms with van der Waals surface area (Å²) in [5.74, 6) is 1.52. The molecule has 0 aromatic heterocycles. The van der Waals surface area contributed by atoms with Gasteiger partial charge >= 0.3 is 0 Å². The molecule has 4 heteroatoms. The first kappa shape index (κ1) is 19.3. The molecule has 1 aliphatic heterocycles. The van der Waals surface area contributed by atoms with Crippen LogP contribution in [0.25, 0.3) is 0 Å². The summed E-state index contributed by atoms with van der Waals surface area (Å²) >= 11 is 0. The van der Waals surface area contributed by atoms with Crippen molar-refractivity contribution in [3.63, 3.8) is 0 Å². The van der Waals surface area contributed by atoms with E-state index in [9.17, 15) is 4.79 Å². The van der Waals surface area contributed by atoms with Crippen molar-refractivity contribution in [2.75, 3.05) is 20.3 Å². The summed E-state index contributed by atoms with van der Waals surface area (Å²) in [6, 6.07) is 12.2. The second kappa shape index (κ2) is 8.94. The average molecular weight is 367 g/mol. The first-order valence-electron chi connectivity index (χ1n) is 9.81. The van der Waals surface area contributed by atoms with E-state index in [0.29, 0.717) is 25.4 Å². The molecular formula is C23H29NO3. The molecule has 0 aliphatic carbocycles. The average Bonchev–Trinajstić information content (AvgIpc) is 3.01. The van der Waals surface area contributed by atoms with Crippen molar-refractivity contribution in [1.29, 1.82) is 0 Å². The third kappa shape index (κ3) is 4.44. The summed E-state index contributed by atoms with van der Waals surface area (Å²) < 4.78 is 11.5. The lowest BCUT2D eigenvalue weighted by molar-refractivity contribution is 0.0780. The van der Waals surface area contributed by atoms with Crippen molar-refractivity contribution in [1.82, 2.24) is 4.90 Å². The summed E-state index contributed by atoms with van der Waals surface area (Å²) in [6.45, 7) is 6.19. The molecule has 0 bridgehead atoms. The SMILES string of the molecule is CCCCCOc1c(OC)ccc2c1CN(CCc1ccc(C)cc1)C2=O. The number of fused-ring (bicyclic) bond motifs is 1. The van der Waals surface area contributed by atoms with Crippen LogP contribution in [0.3, 0.4) is 0 Å². The molecule has 3 rings (SSSR count). The van der Waals surface area contributed by atoms with Crippen molar-refractivity contribution in [2.45, 2.75) is 46.1 Å². The number of benzene rings is 2. The number of nitrogens with zero attached hydrogens (tertiary/aromatic N) is 1. The molecule has 0 unspecified atom stereocenters. The predicted molar refractivity (Wildman–Crippen MR) is 108 cm³/mol. The van der Waals surface area contributed by atoms with Crippen LogP contribution in [0.2, 0.25) is 0 Å². The van der Waals surface area contributed by atoms with E-state index < -0.39 is 0 Å². The summed E-state index contributed by atoms with van der Waals surface area (Å²) in [6.07, 6.45) is 4.15. The Balaban J connectivity index is 1.71.